The molecule has 3 rings (SSSR count). The highest BCUT2D eigenvalue weighted by Gasteiger charge is 2.30. The molecule has 5 nitrogen and oxygen atoms in total. The lowest BCUT2D eigenvalue weighted by Gasteiger charge is -2.26. The van der Waals surface area contributed by atoms with Gasteiger partial charge >= 0.3 is 0 Å². The fourth-order valence-electron chi connectivity index (χ4n) is 3.81. The molecule has 1 aromatic carbocycles. The van der Waals surface area contributed by atoms with E-state index in [2.05, 4.69) is 83.1 Å². The van der Waals surface area contributed by atoms with E-state index in [1.807, 2.05) is 0 Å². The van der Waals surface area contributed by atoms with Crippen LogP contribution in [0.3, 0.4) is 0 Å². The zero-order valence-electron chi connectivity index (χ0n) is 18.3. The average Bonchev–Trinajstić information content (AvgIpc) is 3.50. The lowest BCUT2D eigenvalue weighted by Crippen LogP contribution is -2.38. The molecule has 5 heteroatoms. The van der Waals surface area contributed by atoms with E-state index in [4.69, 9.17) is 0 Å². The van der Waals surface area contributed by atoms with Gasteiger partial charge in [-0.15, -0.1) is 10.2 Å². The molecular formula is C24H37N5. The second kappa shape index (κ2) is 10.5. The Balaban J connectivity index is 1.53. The summed E-state index contributed by atoms with van der Waals surface area (Å²) < 4.78 is 2.27. The molecule has 0 radical (unpaired) electrons. The Bertz CT molecular complexity index is 763. The van der Waals surface area contributed by atoms with Crippen LogP contribution in [0, 0.1) is 5.92 Å². The van der Waals surface area contributed by atoms with Gasteiger partial charge in [0, 0.05) is 30.6 Å². The first-order valence-electron chi connectivity index (χ1n) is 11.3. The normalized spacial score (nSPS) is 15.7. The third-order valence-corrected chi connectivity index (χ3v) is 5.92. The van der Waals surface area contributed by atoms with Crippen molar-refractivity contribution in [1.29, 1.82) is 0 Å². The summed E-state index contributed by atoms with van der Waals surface area (Å²) in [7, 11) is 0. The smallest absolute Gasteiger partial charge is 0.140 e. The first kappa shape index (κ1) is 21.4. The van der Waals surface area contributed by atoms with E-state index in [1.54, 1.807) is 0 Å². The minimum absolute atomic E-state index is 0.493. The quantitative estimate of drug-likeness (QED) is 0.472. The number of nitrogens with one attached hydrogen (secondary N) is 2. The first-order chi connectivity index (χ1) is 14.1. The maximum absolute atomic E-state index is 4.52. The number of benzene rings is 1. The van der Waals surface area contributed by atoms with E-state index in [1.165, 1.54) is 37.8 Å². The molecule has 0 saturated heterocycles. The van der Waals surface area contributed by atoms with E-state index < -0.39 is 0 Å². The van der Waals surface area contributed by atoms with E-state index >= 15 is 0 Å². The van der Waals surface area contributed by atoms with Gasteiger partial charge in [-0.25, -0.2) is 0 Å². The number of hydrogen-bond donors (Lipinski definition) is 2. The second-order valence-corrected chi connectivity index (χ2v) is 8.35. The van der Waals surface area contributed by atoms with Gasteiger partial charge in [0.05, 0.1) is 5.82 Å². The fraction of sp³-hybridized carbons (Fsp3) is 0.583. The number of nitrogens with zero attached hydrogens (tertiary/aromatic N) is 3. The summed E-state index contributed by atoms with van der Waals surface area (Å²) in [6.07, 6.45) is 7.91. The molecular weight excluding hydrogens is 358 g/mol. The molecule has 0 bridgehead atoms. The van der Waals surface area contributed by atoms with Gasteiger partial charge in [-0.3, -0.25) is 4.57 Å². The fourth-order valence-corrected chi connectivity index (χ4v) is 3.81. The molecule has 2 unspecified atom stereocenters. The number of aromatic nitrogens is 3. The van der Waals surface area contributed by atoms with Crippen LogP contribution in [-0.4, -0.2) is 27.4 Å². The molecule has 2 atom stereocenters. The molecule has 1 aliphatic carbocycles. The third-order valence-electron chi connectivity index (χ3n) is 5.92. The Morgan fingerprint density at radius 2 is 1.97 bits per heavy atom. The van der Waals surface area contributed by atoms with Crippen LogP contribution < -0.4 is 10.6 Å². The molecule has 1 fully saturated rings. The summed E-state index contributed by atoms with van der Waals surface area (Å²) in [5, 5.41) is 16.1. The minimum Gasteiger partial charge on any atom is -0.372 e. The average molecular weight is 396 g/mol. The van der Waals surface area contributed by atoms with Crippen molar-refractivity contribution in [2.24, 2.45) is 5.92 Å². The van der Waals surface area contributed by atoms with E-state index in [0.717, 1.165) is 36.9 Å². The van der Waals surface area contributed by atoms with Crippen LogP contribution in [0.1, 0.15) is 76.9 Å². The van der Waals surface area contributed by atoms with Gasteiger partial charge in [0.15, 0.2) is 0 Å². The van der Waals surface area contributed by atoms with Crippen molar-refractivity contribution in [3.05, 3.63) is 54.4 Å². The predicted octanol–water partition coefficient (Wildman–Crippen LogP) is 4.94. The Morgan fingerprint density at radius 1 is 1.21 bits per heavy atom. The van der Waals surface area contributed by atoms with Crippen molar-refractivity contribution in [1.82, 2.24) is 25.4 Å². The van der Waals surface area contributed by atoms with E-state index in [9.17, 15) is 0 Å². The standard InChI is InChI=1S/C24H37N5/c1-5-11-22(18(3)6-2)26-19(4)25-17-10-14-23-27-28-24(20-15-16-20)29(23)21-12-8-7-9-13-21/h7-9,12-13,18,20,22,25-26H,4-6,10-11,14-17H2,1-3H3. The molecule has 1 saturated carbocycles. The van der Waals surface area contributed by atoms with Gasteiger partial charge in [0.2, 0.25) is 0 Å². The van der Waals surface area contributed by atoms with Gasteiger partial charge in [0.1, 0.15) is 11.6 Å². The van der Waals surface area contributed by atoms with Gasteiger partial charge in [-0.2, -0.15) is 0 Å². The number of rotatable bonds is 13. The Kier molecular flexibility index (Phi) is 7.73. The van der Waals surface area contributed by atoms with Gasteiger partial charge in [-0.1, -0.05) is 58.4 Å². The molecule has 158 valence electrons. The number of aryl methyl sites for hydroxylation is 1. The van der Waals surface area contributed by atoms with Crippen molar-refractivity contribution in [3.8, 4) is 5.69 Å². The van der Waals surface area contributed by atoms with Crippen molar-refractivity contribution < 1.29 is 0 Å². The molecule has 0 spiro atoms. The van der Waals surface area contributed by atoms with Crippen LogP contribution in [0.5, 0.6) is 0 Å². The van der Waals surface area contributed by atoms with Crippen molar-refractivity contribution in [3.63, 3.8) is 0 Å². The maximum atomic E-state index is 4.52. The predicted molar refractivity (Wildman–Crippen MR) is 120 cm³/mol. The highest BCUT2D eigenvalue weighted by Crippen LogP contribution is 2.40. The van der Waals surface area contributed by atoms with Crippen LogP contribution in [0.25, 0.3) is 5.69 Å². The Hall–Kier alpha value is -2.30. The largest absolute Gasteiger partial charge is 0.372 e. The zero-order chi connectivity index (χ0) is 20.6. The molecule has 1 aliphatic rings. The molecule has 1 aromatic heterocycles. The number of hydrogen-bond acceptors (Lipinski definition) is 4. The summed E-state index contributed by atoms with van der Waals surface area (Å²) >= 11 is 0. The Labute approximate surface area is 176 Å². The third kappa shape index (κ3) is 5.84. The van der Waals surface area contributed by atoms with Crippen molar-refractivity contribution in [2.45, 2.75) is 77.7 Å². The summed E-state index contributed by atoms with van der Waals surface area (Å²) in [5.41, 5.74) is 1.17. The van der Waals surface area contributed by atoms with Crippen molar-refractivity contribution in [2.75, 3.05) is 6.54 Å². The van der Waals surface area contributed by atoms with E-state index in [-0.39, 0.29) is 0 Å². The van der Waals surface area contributed by atoms with Gasteiger partial charge in [0.25, 0.3) is 0 Å². The minimum atomic E-state index is 0.493. The zero-order valence-corrected chi connectivity index (χ0v) is 18.3. The molecule has 2 N–H and O–H groups in total. The molecule has 0 aliphatic heterocycles. The van der Waals surface area contributed by atoms with E-state index in [0.29, 0.717) is 17.9 Å². The first-order valence-corrected chi connectivity index (χ1v) is 11.3. The second-order valence-electron chi connectivity index (χ2n) is 8.35. The van der Waals surface area contributed by atoms with Crippen LogP contribution >= 0.6 is 0 Å². The summed E-state index contributed by atoms with van der Waals surface area (Å²) in [6.45, 7) is 11.9. The summed E-state index contributed by atoms with van der Waals surface area (Å²) in [5.74, 6) is 4.35. The van der Waals surface area contributed by atoms with Crippen LogP contribution in [0.15, 0.2) is 42.7 Å². The topological polar surface area (TPSA) is 54.8 Å². The van der Waals surface area contributed by atoms with Crippen molar-refractivity contribution >= 4 is 0 Å². The SMILES string of the molecule is C=C(NCCCc1nnc(C2CC2)n1-c1ccccc1)NC(CCC)C(C)CC. The van der Waals surface area contributed by atoms with Crippen LogP contribution in [0.4, 0.5) is 0 Å². The molecule has 2 aromatic rings. The van der Waals surface area contributed by atoms with Gasteiger partial charge in [-0.05, 0) is 43.7 Å². The maximum Gasteiger partial charge on any atom is 0.140 e. The van der Waals surface area contributed by atoms with Crippen LogP contribution in [-0.2, 0) is 6.42 Å². The Morgan fingerprint density at radius 3 is 2.62 bits per heavy atom. The molecule has 29 heavy (non-hydrogen) atoms. The lowest BCUT2D eigenvalue weighted by molar-refractivity contribution is 0.360. The highest BCUT2D eigenvalue weighted by molar-refractivity contribution is 5.35. The summed E-state index contributed by atoms with van der Waals surface area (Å²) in [6, 6.07) is 11.0. The molecule has 0 amide bonds. The highest BCUT2D eigenvalue weighted by atomic mass is 15.3. The monoisotopic (exact) mass is 395 g/mol. The molecule has 1 heterocycles. The van der Waals surface area contributed by atoms with Gasteiger partial charge < -0.3 is 10.6 Å². The summed E-state index contributed by atoms with van der Waals surface area (Å²) in [4.78, 5) is 0. The lowest BCUT2D eigenvalue weighted by atomic mass is 9.95. The number of para-hydroxylation sites is 1. The van der Waals surface area contributed by atoms with Crippen LogP contribution in [0.2, 0.25) is 0 Å².